The second-order valence-electron chi connectivity index (χ2n) is 7.43. The van der Waals surface area contributed by atoms with E-state index in [0.29, 0.717) is 30.2 Å². The molecule has 124 valence electrons. The SMILES string of the molecule is CC(C)c1nccc(C2CC(=O)NC3NNC(C4CCC4)C32)n1. The highest BCUT2D eigenvalue weighted by Crippen LogP contribution is 2.43. The van der Waals surface area contributed by atoms with E-state index >= 15 is 0 Å². The van der Waals surface area contributed by atoms with E-state index in [2.05, 4.69) is 35.0 Å². The molecule has 3 heterocycles. The van der Waals surface area contributed by atoms with Crippen molar-refractivity contribution in [2.45, 2.75) is 63.6 Å². The van der Waals surface area contributed by atoms with Crippen molar-refractivity contribution in [1.82, 2.24) is 26.1 Å². The summed E-state index contributed by atoms with van der Waals surface area (Å²) < 4.78 is 0. The Hall–Kier alpha value is -1.53. The fourth-order valence-corrected chi connectivity index (χ4v) is 4.17. The first-order valence-corrected chi connectivity index (χ1v) is 8.76. The molecule has 2 aliphatic heterocycles. The third kappa shape index (κ3) is 2.64. The van der Waals surface area contributed by atoms with Gasteiger partial charge in [-0.15, -0.1) is 0 Å². The molecule has 6 heteroatoms. The van der Waals surface area contributed by atoms with Crippen molar-refractivity contribution in [2.24, 2.45) is 11.8 Å². The van der Waals surface area contributed by atoms with Gasteiger partial charge in [0.1, 0.15) is 5.82 Å². The van der Waals surface area contributed by atoms with Crippen LogP contribution in [-0.4, -0.2) is 28.1 Å². The number of nitrogens with zero attached hydrogens (tertiary/aromatic N) is 2. The van der Waals surface area contributed by atoms with Gasteiger partial charge in [0.25, 0.3) is 0 Å². The maximum Gasteiger partial charge on any atom is 0.221 e. The molecule has 0 bridgehead atoms. The number of hydrazine groups is 1. The molecule has 23 heavy (non-hydrogen) atoms. The van der Waals surface area contributed by atoms with Gasteiger partial charge in [0.2, 0.25) is 5.91 Å². The number of hydrogen-bond donors (Lipinski definition) is 3. The number of amides is 1. The van der Waals surface area contributed by atoms with Gasteiger partial charge in [-0.1, -0.05) is 20.3 Å². The van der Waals surface area contributed by atoms with Gasteiger partial charge in [0.05, 0.1) is 6.17 Å². The summed E-state index contributed by atoms with van der Waals surface area (Å²) in [5.41, 5.74) is 7.77. The Morgan fingerprint density at radius 2 is 2.09 bits per heavy atom. The lowest BCUT2D eigenvalue weighted by atomic mass is 9.69. The van der Waals surface area contributed by atoms with E-state index in [-0.39, 0.29) is 18.0 Å². The summed E-state index contributed by atoms with van der Waals surface area (Å²) in [7, 11) is 0. The monoisotopic (exact) mass is 315 g/mol. The maximum absolute atomic E-state index is 12.1. The molecule has 3 fully saturated rings. The normalized spacial score (nSPS) is 34.1. The molecule has 1 amide bonds. The van der Waals surface area contributed by atoms with Gasteiger partial charge in [-0.05, 0) is 24.8 Å². The summed E-state index contributed by atoms with van der Waals surface area (Å²) in [6, 6.07) is 2.40. The topological polar surface area (TPSA) is 78.9 Å². The first-order valence-electron chi connectivity index (χ1n) is 8.76. The Labute approximate surface area is 136 Å². The molecule has 6 nitrogen and oxygen atoms in total. The van der Waals surface area contributed by atoms with E-state index < -0.39 is 0 Å². The van der Waals surface area contributed by atoms with E-state index in [1.54, 1.807) is 0 Å². The average molecular weight is 315 g/mol. The number of hydrogen-bond acceptors (Lipinski definition) is 5. The highest BCUT2D eigenvalue weighted by molar-refractivity contribution is 5.78. The zero-order chi connectivity index (χ0) is 16.0. The van der Waals surface area contributed by atoms with Crippen LogP contribution in [0.4, 0.5) is 0 Å². The first kappa shape index (κ1) is 15.0. The zero-order valence-corrected chi connectivity index (χ0v) is 13.7. The van der Waals surface area contributed by atoms with E-state index in [1.807, 2.05) is 12.3 Å². The van der Waals surface area contributed by atoms with Crippen molar-refractivity contribution in [2.75, 3.05) is 0 Å². The molecular formula is C17H25N5O. The number of carbonyl (C=O) groups excluding carboxylic acids is 1. The molecule has 4 rings (SSSR count). The van der Waals surface area contributed by atoms with Crippen LogP contribution in [0.5, 0.6) is 0 Å². The third-order valence-corrected chi connectivity index (χ3v) is 5.64. The minimum atomic E-state index is 0.00400. The quantitative estimate of drug-likeness (QED) is 0.786. The van der Waals surface area contributed by atoms with Gasteiger partial charge in [-0.3, -0.25) is 10.2 Å². The Morgan fingerprint density at radius 1 is 1.26 bits per heavy atom. The molecule has 0 aromatic carbocycles. The van der Waals surface area contributed by atoms with Crippen LogP contribution in [0.2, 0.25) is 0 Å². The maximum atomic E-state index is 12.1. The minimum Gasteiger partial charge on any atom is -0.339 e. The summed E-state index contributed by atoms with van der Waals surface area (Å²) in [5, 5.41) is 3.09. The number of aromatic nitrogens is 2. The van der Waals surface area contributed by atoms with Gasteiger partial charge in [0.15, 0.2) is 0 Å². The van der Waals surface area contributed by atoms with Crippen LogP contribution in [0, 0.1) is 11.8 Å². The van der Waals surface area contributed by atoms with Crippen LogP contribution in [-0.2, 0) is 4.79 Å². The van der Waals surface area contributed by atoms with Crippen molar-refractivity contribution in [3.8, 4) is 0 Å². The van der Waals surface area contributed by atoms with Gasteiger partial charge in [-0.2, -0.15) is 0 Å². The van der Waals surface area contributed by atoms with E-state index in [0.717, 1.165) is 11.5 Å². The molecule has 3 N–H and O–H groups in total. The zero-order valence-electron chi connectivity index (χ0n) is 13.7. The van der Waals surface area contributed by atoms with Crippen molar-refractivity contribution >= 4 is 5.91 Å². The van der Waals surface area contributed by atoms with Crippen molar-refractivity contribution < 1.29 is 4.79 Å². The Morgan fingerprint density at radius 3 is 2.78 bits per heavy atom. The number of fused-ring (bicyclic) bond motifs is 1. The fraction of sp³-hybridized carbons (Fsp3) is 0.706. The Balaban J connectivity index is 1.66. The Bertz CT molecular complexity index is 600. The second kappa shape index (κ2) is 5.83. The minimum absolute atomic E-state index is 0.00400. The standard InChI is InChI=1S/C17H25N5O/c1-9(2)16-18-7-6-12(19-16)11-8-13(23)20-17-14(11)15(21-22-17)10-4-3-5-10/h6-7,9-11,14-15,17,21-22H,3-5,8H2,1-2H3,(H,20,23). The molecule has 4 atom stereocenters. The number of nitrogens with one attached hydrogen (secondary N) is 3. The molecule has 4 unspecified atom stereocenters. The van der Waals surface area contributed by atoms with E-state index in [1.165, 1.54) is 19.3 Å². The van der Waals surface area contributed by atoms with Gasteiger partial charge >= 0.3 is 0 Å². The summed E-state index contributed by atoms with van der Waals surface area (Å²) in [6.07, 6.45) is 6.25. The highest BCUT2D eigenvalue weighted by Gasteiger charge is 2.49. The second-order valence-corrected chi connectivity index (χ2v) is 7.43. The number of carbonyl (C=O) groups is 1. The van der Waals surface area contributed by atoms with Crippen molar-refractivity contribution in [1.29, 1.82) is 0 Å². The highest BCUT2D eigenvalue weighted by atomic mass is 16.2. The molecule has 0 spiro atoms. The Kier molecular flexibility index (Phi) is 3.81. The summed E-state index contributed by atoms with van der Waals surface area (Å²) in [4.78, 5) is 21.3. The largest absolute Gasteiger partial charge is 0.339 e. The van der Waals surface area contributed by atoms with Gasteiger partial charge < -0.3 is 5.32 Å². The van der Waals surface area contributed by atoms with Crippen LogP contribution in [0.15, 0.2) is 12.3 Å². The lowest BCUT2D eigenvalue weighted by Crippen LogP contribution is -2.53. The molecule has 2 saturated heterocycles. The fourth-order valence-electron chi connectivity index (χ4n) is 4.17. The molecule has 1 saturated carbocycles. The molecule has 0 radical (unpaired) electrons. The third-order valence-electron chi connectivity index (χ3n) is 5.64. The predicted octanol–water partition coefficient (Wildman–Crippen LogP) is 1.42. The van der Waals surface area contributed by atoms with Gasteiger partial charge in [0, 0.05) is 42.1 Å². The molecule has 3 aliphatic rings. The number of rotatable bonds is 3. The molecule has 1 aliphatic carbocycles. The van der Waals surface area contributed by atoms with E-state index in [9.17, 15) is 4.79 Å². The summed E-state index contributed by atoms with van der Waals surface area (Å²) in [6.45, 7) is 4.21. The van der Waals surface area contributed by atoms with Crippen LogP contribution in [0.25, 0.3) is 0 Å². The van der Waals surface area contributed by atoms with Crippen LogP contribution < -0.4 is 16.2 Å². The van der Waals surface area contributed by atoms with Crippen LogP contribution >= 0.6 is 0 Å². The summed E-state index contributed by atoms with van der Waals surface area (Å²) >= 11 is 0. The lowest BCUT2D eigenvalue weighted by molar-refractivity contribution is -0.125. The molecular weight excluding hydrogens is 290 g/mol. The first-order chi connectivity index (χ1) is 11.1. The lowest BCUT2D eigenvalue weighted by Gasteiger charge is -2.40. The number of piperidine rings is 1. The molecule has 1 aromatic rings. The van der Waals surface area contributed by atoms with Crippen molar-refractivity contribution in [3.05, 3.63) is 23.8 Å². The van der Waals surface area contributed by atoms with E-state index in [4.69, 9.17) is 4.98 Å². The average Bonchev–Trinajstić information content (AvgIpc) is 2.88. The van der Waals surface area contributed by atoms with Gasteiger partial charge in [-0.25, -0.2) is 15.4 Å². The van der Waals surface area contributed by atoms with Crippen LogP contribution in [0.3, 0.4) is 0 Å². The predicted molar refractivity (Wildman–Crippen MR) is 86.3 cm³/mol. The summed E-state index contributed by atoms with van der Waals surface area (Å²) in [5.74, 6) is 2.48. The van der Waals surface area contributed by atoms with Crippen LogP contribution in [0.1, 0.15) is 62.9 Å². The molecule has 1 aromatic heterocycles. The van der Waals surface area contributed by atoms with Crippen molar-refractivity contribution in [3.63, 3.8) is 0 Å². The smallest absolute Gasteiger partial charge is 0.221 e.